The highest BCUT2D eigenvalue weighted by atomic mass is 16.5. The highest BCUT2D eigenvalue weighted by Crippen LogP contribution is 2.13. The quantitative estimate of drug-likeness (QED) is 0.574. The Morgan fingerprint density at radius 1 is 1.38 bits per heavy atom. The second-order valence-electron chi connectivity index (χ2n) is 6.43. The first-order valence-corrected chi connectivity index (χ1v) is 7.98. The third-order valence-electron chi connectivity index (χ3n) is 4.61. The van der Waals surface area contributed by atoms with E-state index in [1.807, 2.05) is 7.05 Å². The first-order valence-electron chi connectivity index (χ1n) is 7.98. The molecule has 0 saturated carbocycles. The highest BCUT2D eigenvalue weighted by Gasteiger charge is 2.23. The van der Waals surface area contributed by atoms with Gasteiger partial charge in [-0.25, -0.2) is 0 Å². The first-order chi connectivity index (χ1) is 10.1. The minimum Gasteiger partial charge on any atom is -0.381 e. The Hall–Kier alpha value is -0.850. The smallest absolute Gasteiger partial charge is 0.193 e. The number of likely N-dealkylation sites (N-methyl/N-ethyl adjacent to an activating group) is 2. The predicted octanol–water partition coefficient (Wildman–Crippen LogP) is -0.224. The van der Waals surface area contributed by atoms with E-state index in [1.54, 1.807) is 0 Å². The number of hydrogen-bond acceptors (Lipinski definition) is 4. The van der Waals surface area contributed by atoms with Crippen LogP contribution in [0.1, 0.15) is 6.42 Å². The summed E-state index contributed by atoms with van der Waals surface area (Å²) in [6, 6.07) is 0.545. The lowest BCUT2D eigenvalue weighted by atomic mass is 10.1. The van der Waals surface area contributed by atoms with Gasteiger partial charge in [0, 0.05) is 65.4 Å². The van der Waals surface area contributed by atoms with Crippen LogP contribution in [-0.2, 0) is 4.74 Å². The molecule has 0 aromatic heterocycles. The molecular formula is C15H31N5O. The van der Waals surface area contributed by atoms with E-state index in [0.29, 0.717) is 12.0 Å². The van der Waals surface area contributed by atoms with Crippen molar-refractivity contribution < 1.29 is 4.74 Å². The Labute approximate surface area is 129 Å². The second-order valence-corrected chi connectivity index (χ2v) is 6.43. The molecule has 0 bridgehead atoms. The van der Waals surface area contributed by atoms with Gasteiger partial charge in [-0.3, -0.25) is 9.89 Å². The van der Waals surface area contributed by atoms with Gasteiger partial charge in [0.2, 0.25) is 0 Å². The van der Waals surface area contributed by atoms with Gasteiger partial charge in [-0.1, -0.05) is 0 Å². The molecule has 0 aromatic rings. The maximum atomic E-state index is 5.45. The Balaban J connectivity index is 1.78. The number of ether oxygens (including phenoxy) is 1. The minimum absolute atomic E-state index is 0.545. The monoisotopic (exact) mass is 297 g/mol. The summed E-state index contributed by atoms with van der Waals surface area (Å²) in [5, 5.41) is 3.53. The largest absolute Gasteiger partial charge is 0.381 e. The van der Waals surface area contributed by atoms with Crippen LogP contribution < -0.4 is 5.32 Å². The van der Waals surface area contributed by atoms with Crippen LogP contribution in [0.15, 0.2) is 4.99 Å². The van der Waals surface area contributed by atoms with Gasteiger partial charge >= 0.3 is 0 Å². The molecule has 2 atom stereocenters. The summed E-state index contributed by atoms with van der Waals surface area (Å²) in [4.78, 5) is 11.5. The fourth-order valence-electron chi connectivity index (χ4n) is 3.12. The summed E-state index contributed by atoms with van der Waals surface area (Å²) in [5.74, 6) is 1.63. The molecule has 2 aliphatic rings. The van der Waals surface area contributed by atoms with Gasteiger partial charge in [0.1, 0.15) is 0 Å². The molecule has 122 valence electrons. The Bertz CT molecular complexity index is 343. The molecule has 2 fully saturated rings. The number of nitrogens with one attached hydrogen (secondary N) is 1. The van der Waals surface area contributed by atoms with E-state index in [-0.39, 0.29) is 0 Å². The Kier molecular flexibility index (Phi) is 6.26. The predicted molar refractivity (Wildman–Crippen MR) is 86.8 cm³/mol. The number of rotatable bonds is 4. The van der Waals surface area contributed by atoms with Gasteiger partial charge in [-0.2, -0.15) is 0 Å². The minimum atomic E-state index is 0.545. The van der Waals surface area contributed by atoms with Gasteiger partial charge in [0.25, 0.3) is 0 Å². The zero-order chi connectivity index (χ0) is 15.2. The number of aliphatic imine (C=N–C) groups is 1. The standard InChI is InChI=1S/C15H31N5O/c1-16-15(20(4)10-13-5-8-21-12-13)17-9-14-11-18(2)6-7-19(14)3/h13-14H,5-12H2,1-4H3,(H,16,17). The Morgan fingerprint density at radius 3 is 2.86 bits per heavy atom. The summed E-state index contributed by atoms with van der Waals surface area (Å²) in [7, 11) is 8.38. The SMILES string of the molecule is CN=C(NCC1CN(C)CCN1C)N(C)CC1CCOC1. The second kappa shape index (κ2) is 7.96. The first kappa shape index (κ1) is 16.5. The summed E-state index contributed by atoms with van der Waals surface area (Å²) in [5.41, 5.74) is 0. The number of piperazine rings is 1. The summed E-state index contributed by atoms with van der Waals surface area (Å²) in [6.07, 6.45) is 1.16. The van der Waals surface area contributed by atoms with Crippen molar-refractivity contribution in [3.63, 3.8) is 0 Å². The van der Waals surface area contributed by atoms with Gasteiger partial charge in [0.05, 0.1) is 6.61 Å². The zero-order valence-corrected chi connectivity index (χ0v) is 14.0. The van der Waals surface area contributed by atoms with Gasteiger partial charge in [-0.05, 0) is 20.5 Å². The number of hydrogen-bond donors (Lipinski definition) is 1. The van der Waals surface area contributed by atoms with E-state index >= 15 is 0 Å². The van der Waals surface area contributed by atoms with Gasteiger partial charge in [0.15, 0.2) is 5.96 Å². The molecule has 2 rings (SSSR count). The summed E-state index contributed by atoms with van der Waals surface area (Å²) < 4.78 is 5.45. The molecule has 0 amide bonds. The van der Waals surface area contributed by atoms with Crippen LogP contribution in [0, 0.1) is 5.92 Å². The fourth-order valence-corrected chi connectivity index (χ4v) is 3.12. The molecule has 2 aliphatic heterocycles. The van der Waals surface area contributed by atoms with Gasteiger partial charge in [-0.15, -0.1) is 0 Å². The molecule has 2 saturated heterocycles. The van der Waals surface area contributed by atoms with Crippen LogP contribution >= 0.6 is 0 Å². The molecule has 6 heteroatoms. The normalized spacial score (nSPS) is 28.9. The van der Waals surface area contributed by atoms with Crippen LogP contribution in [0.5, 0.6) is 0 Å². The molecule has 0 spiro atoms. The number of nitrogens with zero attached hydrogens (tertiary/aromatic N) is 4. The van der Waals surface area contributed by atoms with Crippen molar-refractivity contribution in [1.29, 1.82) is 0 Å². The van der Waals surface area contributed by atoms with Crippen molar-refractivity contribution in [2.75, 3.05) is 74.1 Å². The molecule has 0 aromatic carbocycles. The van der Waals surface area contributed by atoms with Crippen molar-refractivity contribution in [3.8, 4) is 0 Å². The average molecular weight is 297 g/mol. The van der Waals surface area contributed by atoms with Crippen LogP contribution in [0.4, 0.5) is 0 Å². The zero-order valence-electron chi connectivity index (χ0n) is 14.0. The van der Waals surface area contributed by atoms with E-state index in [1.165, 1.54) is 0 Å². The molecule has 2 heterocycles. The maximum Gasteiger partial charge on any atom is 0.193 e. The van der Waals surface area contributed by atoms with Crippen molar-refractivity contribution in [3.05, 3.63) is 0 Å². The van der Waals surface area contributed by atoms with E-state index in [4.69, 9.17) is 4.74 Å². The molecule has 0 radical (unpaired) electrons. The van der Waals surface area contributed by atoms with Crippen LogP contribution in [0.25, 0.3) is 0 Å². The molecule has 6 nitrogen and oxygen atoms in total. The van der Waals surface area contributed by atoms with E-state index in [9.17, 15) is 0 Å². The third-order valence-corrected chi connectivity index (χ3v) is 4.61. The van der Waals surface area contributed by atoms with Crippen LogP contribution in [-0.4, -0.2) is 101 Å². The molecule has 1 N–H and O–H groups in total. The van der Waals surface area contributed by atoms with Crippen LogP contribution in [0.2, 0.25) is 0 Å². The van der Waals surface area contributed by atoms with Crippen LogP contribution in [0.3, 0.4) is 0 Å². The topological polar surface area (TPSA) is 43.3 Å². The third kappa shape index (κ3) is 4.83. The molecular weight excluding hydrogens is 266 g/mol. The molecule has 21 heavy (non-hydrogen) atoms. The van der Waals surface area contributed by atoms with E-state index in [2.05, 4.69) is 46.2 Å². The van der Waals surface area contributed by atoms with Crippen molar-refractivity contribution in [2.24, 2.45) is 10.9 Å². The number of guanidine groups is 1. The van der Waals surface area contributed by atoms with E-state index < -0.39 is 0 Å². The fraction of sp³-hybridized carbons (Fsp3) is 0.933. The average Bonchev–Trinajstić information content (AvgIpc) is 2.96. The maximum absolute atomic E-state index is 5.45. The lowest BCUT2D eigenvalue weighted by Gasteiger charge is -2.38. The Morgan fingerprint density at radius 2 is 2.19 bits per heavy atom. The van der Waals surface area contributed by atoms with E-state index in [0.717, 1.165) is 58.3 Å². The lowest BCUT2D eigenvalue weighted by molar-refractivity contribution is 0.116. The van der Waals surface area contributed by atoms with Crippen molar-refractivity contribution in [2.45, 2.75) is 12.5 Å². The van der Waals surface area contributed by atoms with Crippen molar-refractivity contribution in [1.82, 2.24) is 20.0 Å². The highest BCUT2D eigenvalue weighted by molar-refractivity contribution is 5.79. The van der Waals surface area contributed by atoms with Crippen molar-refractivity contribution >= 4 is 5.96 Å². The summed E-state index contributed by atoms with van der Waals surface area (Å²) >= 11 is 0. The lowest BCUT2D eigenvalue weighted by Crippen LogP contribution is -2.55. The van der Waals surface area contributed by atoms with Gasteiger partial charge < -0.3 is 19.9 Å². The molecule has 0 aliphatic carbocycles. The molecule has 2 unspecified atom stereocenters. The summed E-state index contributed by atoms with van der Waals surface area (Å²) in [6.45, 7) is 7.15.